The first-order valence-electron chi connectivity index (χ1n) is 12.7. The van der Waals surface area contributed by atoms with Crippen molar-refractivity contribution in [2.24, 2.45) is 5.92 Å². The lowest BCUT2D eigenvalue weighted by molar-refractivity contribution is -0.125. The number of benzene rings is 3. The molecule has 0 bridgehead atoms. The molecule has 1 unspecified atom stereocenters. The van der Waals surface area contributed by atoms with E-state index in [1.807, 2.05) is 82.3 Å². The standard InChI is InChI=1S/C30H32N4O2/c1-22(24-12-6-3-7-13-24)20-31-29(35)25-16-18-33(19-17-25)28-30(36)34(21-23-10-4-2-5-11-23)27-15-9-8-14-26(27)32-28/h2-15,22,25H,16-21H2,1H3,(H,31,35). The number of para-hydroxylation sites is 2. The molecule has 6 nitrogen and oxygen atoms in total. The van der Waals surface area contributed by atoms with Gasteiger partial charge in [-0.2, -0.15) is 0 Å². The molecule has 1 atom stereocenters. The molecule has 1 aliphatic heterocycles. The van der Waals surface area contributed by atoms with Gasteiger partial charge in [0.1, 0.15) is 0 Å². The first kappa shape index (κ1) is 23.8. The van der Waals surface area contributed by atoms with E-state index in [-0.39, 0.29) is 23.3 Å². The summed E-state index contributed by atoms with van der Waals surface area (Å²) in [7, 11) is 0. The quantitative estimate of drug-likeness (QED) is 0.420. The number of carbonyl (C=O) groups excluding carboxylic acids is 1. The highest BCUT2D eigenvalue weighted by molar-refractivity contribution is 5.79. The van der Waals surface area contributed by atoms with Gasteiger partial charge in [0, 0.05) is 25.6 Å². The number of aromatic nitrogens is 2. The molecule has 1 amide bonds. The average molecular weight is 481 g/mol. The number of nitrogens with one attached hydrogen (secondary N) is 1. The van der Waals surface area contributed by atoms with E-state index in [2.05, 4.69) is 24.4 Å². The third-order valence-electron chi connectivity index (χ3n) is 7.14. The lowest BCUT2D eigenvalue weighted by Crippen LogP contribution is -2.43. The van der Waals surface area contributed by atoms with Crippen molar-refractivity contribution in [1.29, 1.82) is 0 Å². The summed E-state index contributed by atoms with van der Waals surface area (Å²) in [6.07, 6.45) is 1.41. The summed E-state index contributed by atoms with van der Waals surface area (Å²) in [5.41, 5.74) is 3.84. The number of carbonyl (C=O) groups is 1. The smallest absolute Gasteiger partial charge is 0.294 e. The number of nitrogens with zero attached hydrogens (tertiary/aromatic N) is 3. The predicted molar refractivity (Wildman–Crippen MR) is 144 cm³/mol. The number of fused-ring (bicyclic) bond motifs is 1. The van der Waals surface area contributed by atoms with Crippen LogP contribution in [0.3, 0.4) is 0 Å². The van der Waals surface area contributed by atoms with Crippen molar-refractivity contribution in [3.05, 3.63) is 106 Å². The Hall–Kier alpha value is -3.93. The van der Waals surface area contributed by atoms with E-state index in [9.17, 15) is 9.59 Å². The topological polar surface area (TPSA) is 67.2 Å². The summed E-state index contributed by atoms with van der Waals surface area (Å²) in [5.74, 6) is 0.794. The van der Waals surface area contributed by atoms with Gasteiger partial charge in [-0.05, 0) is 42.0 Å². The first-order valence-corrected chi connectivity index (χ1v) is 12.7. The van der Waals surface area contributed by atoms with Gasteiger partial charge in [-0.3, -0.25) is 14.2 Å². The summed E-state index contributed by atoms with van der Waals surface area (Å²) in [5, 5.41) is 3.14. The Bertz CT molecular complexity index is 1380. The number of amides is 1. The van der Waals surface area contributed by atoms with Gasteiger partial charge in [0.2, 0.25) is 5.91 Å². The van der Waals surface area contributed by atoms with Crippen LogP contribution in [0.1, 0.15) is 36.8 Å². The molecule has 1 fully saturated rings. The van der Waals surface area contributed by atoms with Crippen LogP contribution in [0.4, 0.5) is 5.82 Å². The van der Waals surface area contributed by atoms with Gasteiger partial charge in [0.25, 0.3) is 5.56 Å². The molecule has 3 aromatic carbocycles. The van der Waals surface area contributed by atoms with Crippen LogP contribution < -0.4 is 15.8 Å². The fourth-order valence-electron chi connectivity index (χ4n) is 4.96. The molecule has 36 heavy (non-hydrogen) atoms. The van der Waals surface area contributed by atoms with E-state index in [1.54, 1.807) is 0 Å². The molecular formula is C30H32N4O2. The highest BCUT2D eigenvalue weighted by Crippen LogP contribution is 2.23. The normalized spacial score (nSPS) is 15.1. The largest absolute Gasteiger partial charge is 0.355 e. The molecule has 6 heteroatoms. The van der Waals surface area contributed by atoms with Crippen LogP contribution in [-0.4, -0.2) is 35.1 Å². The van der Waals surface area contributed by atoms with E-state index in [0.717, 1.165) is 16.6 Å². The Labute approximate surface area is 211 Å². The van der Waals surface area contributed by atoms with Crippen LogP contribution in [0.2, 0.25) is 0 Å². The molecule has 1 aromatic heterocycles. The van der Waals surface area contributed by atoms with Crippen molar-refractivity contribution in [2.45, 2.75) is 32.2 Å². The fourth-order valence-corrected chi connectivity index (χ4v) is 4.96. The van der Waals surface area contributed by atoms with E-state index < -0.39 is 0 Å². The number of hydrogen-bond donors (Lipinski definition) is 1. The Balaban J connectivity index is 1.28. The first-order chi connectivity index (χ1) is 17.6. The van der Waals surface area contributed by atoms with Crippen molar-refractivity contribution < 1.29 is 4.79 Å². The van der Waals surface area contributed by atoms with Gasteiger partial charge in [0.15, 0.2) is 5.82 Å². The van der Waals surface area contributed by atoms with Gasteiger partial charge in [-0.15, -0.1) is 0 Å². The molecule has 184 valence electrons. The minimum absolute atomic E-state index is 0.0452. The van der Waals surface area contributed by atoms with Gasteiger partial charge in [0.05, 0.1) is 17.6 Å². The van der Waals surface area contributed by atoms with Crippen LogP contribution in [0, 0.1) is 5.92 Å². The molecule has 0 aliphatic carbocycles. The Kier molecular flexibility index (Phi) is 7.12. The molecule has 0 spiro atoms. The lowest BCUT2D eigenvalue weighted by Gasteiger charge is -2.32. The predicted octanol–water partition coefficient (Wildman–Crippen LogP) is 4.58. The Morgan fingerprint density at radius 1 is 0.944 bits per heavy atom. The number of hydrogen-bond acceptors (Lipinski definition) is 4. The van der Waals surface area contributed by atoms with Crippen LogP contribution in [0.25, 0.3) is 11.0 Å². The van der Waals surface area contributed by atoms with Gasteiger partial charge in [-0.1, -0.05) is 79.7 Å². The SMILES string of the molecule is CC(CNC(=O)C1CCN(c2nc3ccccc3n(Cc3ccccc3)c2=O)CC1)c1ccccc1. The van der Waals surface area contributed by atoms with E-state index in [4.69, 9.17) is 4.98 Å². The van der Waals surface area contributed by atoms with E-state index >= 15 is 0 Å². The minimum Gasteiger partial charge on any atom is -0.355 e. The second-order valence-corrected chi connectivity index (χ2v) is 9.62. The molecule has 1 saturated heterocycles. The Morgan fingerprint density at radius 2 is 1.58 bits per heavy atom. The highest BCUT2D eigenvalue weighted by atomic mass is 16.2. The van der Waals surface area contributed by atoms with E-state index in [0.29, 0.717) is 44.8 Å². The molecule has 0 radical (unpaired) electrons. The third-order valence-corrected chi connectivity index (χ3v) is 7.14. The maximum atomic E-state index is 13.6. The molecular weight excluding hydrogens is 448 g/mol. The molecule has 1 N–H and O–H groups in total. The number of rotatable bonds is 7. The van der Waals surface area contributed by atoms with Crippen LogP contribution in [-0.2, 0) is 11.3 Å². The molecule has 1 aliphatic rings. The monoisotopic (exact) mass is 480 g/mol. The van der Waals surface area contributed by atoms with Gasteiger partial charge >= 0.3 is 0 Å². The summed E-state index contributed by atoms with van der Waals surface area (Å²) >= 11 is 0. The maximum absolute atomic E-state index is 13.6. The van der Waals surface area contributed by atoms with Crippen molar-refractivity contribution in [3.63, 3.8) is 0 Å². The summed E-state index contributed by atoms with van der Waals surface area (Å²) in [6, 6.07) is 28.0. The maximum Gasteiger partial charge on any atom is 0.294 e. The lowest BCUT2D eigenvalue weighted by atomic mass is 9.95. The zero-order valence-electron chi connectivity index (χ0n) is 20.6. The highest BCUT2D eigenvalue weighted by Gasteiger charge is 2.28. The van der Waals surface area contributed by atoms with Crippen LogP contribution in [0.5, 0.6) is 0 Å². The summed E-state index contributed by atoms with van der Waals surface area (Å²) in [4.78, 5) is 33.3. The van der Waals surface area contributed by atoms with Gasteiger partial charge in [-0.25, -0.2) is 4.98 Å². The second-order valence-electron chi connectivity index (χ2n) is 9.62. The van der Waals surface area contributed by atoms with Crippen molar-refractivity contribution in [2.75, 3.05) is 24.5 Å². The van der Waals surface area contributed by atoms with Crippen LogP contribution in [0.15, 0.2) is 89.7 Å². The molecule has 2 heterocycles. The van der Waals surface area contributed by atoms with Crippen molar-refractivity contribution >= 4 is 22.8 Å². The summed E-state index contributed by atoms with van der Waals surface area (Å²) in [6.45, 7) is 4.52. The zero-order chi connectivity index (χ0) is 24.9. The molecule has 4 aromatic rings. The van der Waals surface area contributed by atoms with Crippen molar-refractivity contribution in [1.82, 2.24) is 14.9 Å². The Morgan fingerprint density at radius 3 is 2.31 bits per heavy atom. The van der Waals surface area contributed by atoms with Crippen molar-refractivity contribution in [3.8, 4) is 0 Å². The minimum atomic E-state index is -0.0860. The number of anilines is 1. The fraction of sp³-hybridized carbons (Fsp3) is 0.300. The average Bonchev–Trinajstić information content (AvgIpc) is 2.94. The van der Waals surface area contributed by atoms with E-state index in [1.165, 1.54) is 5.56 Å². The zero-order valence-corrected chi connectivity index (χ0v) is 20.6. The molecule has 5 rings (SSSR count). The molecule has 0 saturated carbocycles. The van der Waals surface area contributed by atoms with Gasteiger partial charge < -0.3 is 10.2 Å². The third kappa shape index (κ3) is 5.18. The second kappa shape index (κ2) is 10.8. The summed E-state index contributed by atoms with van der Waals surface area (Å²) < 4.78 is 1.82. The van der Waals surface area contributed by atoms with Crippen LogP contribution >= 0.6 is 0 Å². The number of piperidine rings is 1.